The largest absolute Gasteiger partial charge is 0.453 e. The molecule has 0 radical (unpaired) electrons. The van der Waals surface area contributed by atoms with Gasteiger partial charge in [0.05, 0.1) is 5.02 Å². The highest BCUT2D eigenvalue weighted by Gasteiger charge is 2.28. The maximum absolute atomic E-state index is 13.8. The highest BCUT2D eigenvalue weighted by atomic mass is 79.9. The summed E-state index contributed by atoms with van der Waals surface area (Å²) in [6.07, 6.45) is 0. The van der Waals surface area contributed by atoms with Gasteiger partial charge in [0.2, 0.25) is 5.91 Å². The van der Waals surface area contributed by atoms with Gasteiger partial charge in [-0.05, 0) is 24.3 Å². The van der Waals surface area contributed by atoms with Crippen LogP contribution >= 0.6 is 27.5 Å². The van der Waals surface area contributed by atoms with Crippen LogP contribution in [0.3, 0.4) is 0 Å². The van der Waals surface area contributed by atoms with Crippen LogP contribution in [0.4, 0.5) is 10.1 Å². The molecule has 7 heteroatoms. The summed E-state index contributed by atoms with van der Waals surface area (Å²) in [5.41, 5.74) is 6.83. The van der Waals surface area contributed by atoms with Crippen molar-refractivity contribution in [2.45, 2.75) is 6.04 Å². The first-order chi connectivity index (χ1) is 9.95. The van der Waals surface area contributed by atoms with Crippen molar-refractivity contribution in [1.82, 2.24) is 0 Å². The monoisotopic (exact) mass is 370 g/mol. The van der Waals surface area contributed by atoms with Crippen molar-refractivity contribution in [2.75, 3.05) is 5.32 Å². The van der Waals surface area contributed by atoms with Crippen molar-refractivity contribution in [2.24, 2.45) is 5.73 Å². The van der Waals surface area contributed by atoms with E-state index in [-0.39, 0.29) is 22.4 Å². The second-order valence-electron chi connectivity index (χ2n) is 4.51. The lowest BCUT2D eigenvalue weighted by Gasteiger charge is -2.11. The first-order valence-electron chi connectivity index (χ1n) is 5.98. The van der Waals surface area contributed by atoms with Crippen LogP contribution in [-0.2, 0) is 4.79 Å². The number of hydrogen-bond acceptors (Lipinski definition) is 3. The van der Waals surface area contributed by atoms with Gasteiger partial charge in [-0.3, -0.25) is 4.79 Å². The van der Waals surface area contributed by atoms with Gasteiger partial charge < -0.3 is 15.8 Å². The zero-order valence-corrected chi connectivity index (χ0v) is 12.8. The molecule has 1 aliphatic heterocycles. The normalized spacial score (nSPS) is 16.6. The van der Waals surface area contributed by atoms with E-state index in [2.05, 4.69) is 21.2 Å². The number of halogens is 3. The Morgan fingerprint density at radius 3 is 2.76 bits per heavy atom. The van der Waals surface area contributed by atoms with Gasteiger partial charge in [0, 0.05) is 21.8 Å². The van der Waals surface area contributed by atoms with Gasteiger partial charge in [-0.1, -0.05) is 27.5 Å². The maximum atomic E-state index is 13.8. The Bertz CT molecular complexity index is 754. The van der Waals surface area contributed by atoms with Crippen LogP contribution in [0.2, 0.25) is 5.02 Å². The standard InChI is InChI=1S/C14H9BrClFN2O2/c15-6-1-2-11(9(17)3-6)21-12-5-10-7(4-8(12)16)13(18)14(20)19-10/h1-5,13H,18H2,(H,19,20). The van der Waals surface area contributed by atoms with Crippen LogP contribution in [0.15, 0.2) is 34.8 Å². The Morgan fingerprint density at radius 2 is 2.05 bits per heavy atom. The predicted octanol–water partition coefficient (Wildman–Crippen LogP) is 3.99. The predicted molar refractivity (Wildman–Crippen MR) is 81.2 cm³/mol. The van der Waals surface area contributed by atoms with Gasteiger partial charge in [-0.15, -0.1) is 0 Å². The number of rotatable bonds is 2. The Balaban J connectivity index is 1.97. The van der Waals surface area contributed by atoms with E-state index in [0.717, 1.165) is 0 Å². The van der Waals surface area contributed by atoms with Crippen LogP contribution in [0, 0.1) is 5.82 Å². The van der Waals surface area contributed by atoms with Gasteiger partial charge in [0.15, 0.2) is 11.6 Å². The Morgan fingerprint density at radius 1 is 1.29 bits per heavy atom. The molecule has 0 fully saturated rings. The summed E-state index contributed by atoms with van der Waals surface area (Å²) < 4.78 is 19.9. The molecule has 1 heterocycles. The Kier molecular flexibility index (Phi) is 3.61. The first-order valence-corrected chi connectivity index (χ1v) is 7.15. The SMILES string of the molecule is NC1C(=O)Nc2cc(Oc3ccc(Br)cc3F)c(Cl)cc21. The highest BCUT2D eigenvalue weighted by Crippen LogP contribution is 2.40. The number of fused-ring (bicyclic) bond motifs is 1. The molecule has 2 aromatic carbocycles. The number of hydrogen-bond donors (Lipinski definition) is 2. The van der Waals surface area contributed by atoms with Crippen LogP contribution in [0.1, 0.15) is 11.6 Å². The number of anilines is 1. The minimum Gasteiger partial charge on any atom is -0.453 e. The summed E-state index contributed by atoms with van der Waals surface area (Å²) in [7, 11) is 0. The summed E-state index contributed by atoms with van der Waals surface area (Å²) in [4.78, 5) is 11.5. The van der Waals surface area contributed by atoms with Gasteiger partial charge in [0.25, 0.3) is 0 Å². The maximum Gasteiger partial charge on any atom is 0.245 e. The van der Waals surface area contributed by atoms with Crippen molar-refractivity contribution >= 4 is 39.1 Å². The van der Waals surface area contributed by atoms with Gasteiger partial charge >= 0.3 is 0 Å². The number of nitrogens with one attached hydrogen (secondary N) is 1. The molecule has 1 amide bonds. The molecule has 21 heavy (non-hydrogen) atoms. The molecule has 108 valence electrons. The average molecular weight is 372 g/mol. The third-order valence-corrected chi connectivity index (χ3v) is 3.88. The van der Waals surface area contributed by atoms with Crippen LogP contribution in [0.5, 0.6) is 11.5 Å². The van der Waals surface area contributed by atoms with E-state index in [0.29, 0.717) is 15.7 Å². The number of carbonyl (C=O) groups excluding carboxylic acids is 1. The first kappa shape index (κ1) is 14.3. The molecule has 0 aliphatic carbocycles. The lowest BCUT2D eigenvalue weighted by atomic mass is 10.1. The molecule has 4 nitrogen and oxygen atoms in total. The zero-order valence-electron chi connectivity index (χ0n) is 10.5. The number of ether oxygens (including phenoxy) is 1. The molecule has 0 bridgehead atoms. The van der Waals surface area contributed by atoms with Crippen LogP contribution < -0.4 is 15.8 Å². The smallest absolute Gasteiger partial charge is 0.245 e. The molecule has 0 saturated heterocycles. The minimum absolute atomic E-state index is 0.0358. The van der Waals surface area contributed by atoms with Crippen LogP contribution in [0.25, 0.3) is 0 Å². The molecule has 1 unspecified atom stereocenters. The molecular formula is C14H9BrClFN2O2. The number of benzene rings is 2. The third-order valence-electron chi connectivity index (χ3n) is 3.09. The van der Waals surface area contributed by atoms with Gasteiger partial charge in [0.1, 0.15) is 11.8 Å². The summed E-state index contributed by atoms with van der Waals surface area (Å²) in [5.74, 6) is -0.561. The molecule has 3 N–H and O–H groups in total. The fourth-order valence-corrected chi connectivity index (χ4v) is 2.58. The molecular weight excluding hydrogens is 363 g/mol. The molecule has 0 aromatic heterocycles. The second-order valence-corrected chi connectivity index (χ2v) is 5.84. The van der Waals surface area contributed by atoms with Crippen molar-refractivity contribution in [3.63, 3.8) is 0 Å². The molecule has 0 saturated carbocycles. The zero-order chi connectivity index (χ0) is 15.1. The lowest BCUT2D eigenvalue weighted by Crippen LogP contribution is -2.19. The summed E-state index contributed by atoms with van der Waals surface area (Å²) >= 11 is 9.27. The lowest BCUT2D eigenvalue weighted by molar-refractivity contribution is -0.116. The van der Waals surface area contributed by atoms with E-state index in [4.69, 9.17) is 22.1 Å². The van der Waals surface area contributed by atoms with Gasteiger partial charge in [-0.25, -0.2) is 4.39 Å². The molecule has 2 aromatic rings. The Labute approximate surface area is 133 Å². The number of amides is 1. The molecule has 1 aliphatic rings. The quantitative estimate of drug-likeness (QED) is 0.839. The van der Waals surface area contributed by atoms with Crippen molar-refractivity contribution in [1.29, 1.82) is 0 Å². The van der Waals surface area contributed by atoms with Crippen molar-refractivity contribution in [3.8, 4) is 11.5 Å². The minimum atomic E-state index is -0.754. The van der Waals surface area contributed by atoms with Gasteiger partial charge in [-0.2, -0.15) is 0 Å². The van der Waals surface area contributed by atoms with E-state index in [9.17, 15) is 9.18 Å². The molecule has 3 rings (SSSR count). The number of nitrogens with two attached hydrogens (primary N) is 1. The second kappa shape index (κ2) is 5.29. The third kappa shape index (κ3) is 2.62. The van der Waals surface area contributed by atoms with E-state index in [1.54, 1.807) is 12.1 Å². The molecule has 1 atom stereocenters. The van der Waals surface area contributed by atoms with E-state index >= 15 is 0 Å². The van der Waals surface area contributed by atoms with E-state index < -0.39 is 11.9 Å². The van der Waals surface area contributed by atoms with Crippen molar-refractivity contribution < 1.29 is 13.9 Å². The van der Waals surface area contributed by atoms with E-state index in [1.807, 2.05) is 0 Å². The highest BCUT2D eigenvalue weighted by molar-refractivity contribution is 9.10. The van der Waals surface area contributed by atoms with Crippen molar-refractivity contribution in [3.05, 3.63) is 51.2 Å². The fraction of sp³-hybridized carbons (Fsp3) is 0.0714. The average Bonchev–Trinajstić information content (AvgIpc) is 2.69. The fourth-order valence-electron chi connectivity index (χ4n) is 2.04. The number of carbonyl (C=O) groups is 1. The Hall–Kier alpha value is -1.63. The summed E-state index contributed by atoms with van der Waals surface area (Å²) in [5, 5.41) is 2.87. The summed E-state index contributed by atoms with van der Waals surface area (Å²) in [6, 6.07) is 6.74. The van der Waals surface area contributed by atoms with Crippen LogP contribution in [-0.4, -0.2) is 5.91 Å². The molecule has 0 spiro atoms. The summed E-state index contributed by atoms with van der Waals surface area (Å²) in [6.45, 7) is 0. The topological polar surface area (TPSA) is 64.4 Å². The van der Waals surface area contributed by atoms with E-state index in [1.165, 1.54) is 18.2 Å².